The average Bonchev–Trinajstić information content (AvgIpc) is 2.83. The summed E-state index contributed by atoms with van der Waals surface area (Å²) >= 11 is 0. The Kier molecular flexibility index (Phi) is 3.07. The molecular weight excluding hydrogens is 240 g/mol. The fraction of sp³-hybridized carbons (Fsp3) is 0.533. The Balaban J connectivity index is 1.73. The summed E-state index contributed by atoms with van der Waals surface area (Å²) < 4.78 is 5.63. The van der Waals surface area contributed by atoms with Crippen molar-refractivity contribution in [3.05, 3.63) is 34.9 Å². The smallest absolute Gasteiger partial charge is 0.251 e. The van der Waals surface area contributed by atoms with Gasteiger partial charge < -0.3 is 15.8 Å². The summed E-state index contributed by atoms with van der Waals surface area (Å²) in [6.07, 6.45) is 1.13. The van der Waals surface area contributed by atoms with Crippen LogP contribution in [0.15, 0.2) is 18.2 Å². The van der Waals surface area contributed by atoms with E-state index in [1.165, 1.54) is 0 Å². The van der Waals surface area contributed by atoms with Crippen LogP contribution in [-0.4, -0.2) is 30.7 Å². The van der Waals surface area contributed by atoms with Crippen LogP contribution in [0.3, 0.4) is 0 Å². The lowest BCUT2D eigenvalue weighted by molar-refractivity contribution is -0.0161. The molecule has 3 N–H and O–H groups in total. The SMILES string of the molecule is Cc1ccc(C)c(C(=O)NC2C(N)C3CCOC32)c1. The van der Waals surface area contributed by atoms with Gasteiger partial charge in [0.05, 0.1) is 12.1 Å². The molecule has 1 heterocycles. The second-order valence-electron chi connectivity index (χ2n) is 5.68. The first-order valence-electron chi connectivity index (χ1n) is 6.83. The van der Waals surface area contributed by atoms with Crippen molar-refractivity contribution in [3.8, 4) is 0 Å². The lowest BCUT2D eigenvalue weighted by Crippen LogP contribution is -2.69. The molecule has 102 valence electrons. The zero-order valence-electron chi connectivity index (χ0n) is 11.3. The number of rotatable bonds is 2. The van der Waals surface area contributed by atoms with Gasteiger partial charge in [0.2, 0.25) is 0 Å². The summed E-state index contributed by atoms with van der Waals surface area (Å²) in [6.45, 7) is 4.70. The minimum absolute atomic E-state index is 0.0292. The molecule has 1 saturated carbocycles. The topological polar surface area (TPSA) is 64.4 Å². The predicted molar refractivity (Wildman–Crippen MR) is 73.0 cm³/mol. The van der Waals surface area contributed by atoms with E-state index in [0.29, 0.717) is 5.92 Å². The number of ether oxygens (including phenoxy) is 1. The molecule has 2 aliphatic rings. The lowest BCUT2D eigenvalue weighted by atomic mass is 9.72. The number of hydrogen-bond donors (Lipinski definition) is 2. The standard InChI is InChI=1S/C15H20N2O2/c1-8-3-4-9(2)11(7-8)15(18)17-13-12(16)10-5-6-19-14(10)13/h3-4,7,10,12-14H,5-6,16H2,1-2H3,(H,17,18). The molecule has 4 nitrogen and oxygen atoms in total. The van der Waals surface area contributed by atoms with Gasteiger partial charge in [0, 0.05) is 24.1 Å². The van der Waals surface area contributed by atoms with Crippen LogP contribution in [0.1, 0.15) is 27.9 Å². The van der Waals surface area contributed by atoms with Gasteiger partial charge >= 0.3 is 0 Å². The fourth-order valence-electron chi connectivity index (χ4n) is 3.14. The van der Waals surface area contributed by atoms with Gasteiger partial charge in [0.15, 0.2) is 0 Å². The van der Waals surface area contributed by atoms with E-state index < -0.39 is 0 Å². The van der Waals surface area contributed by atoms with Crippen molar-refractivity contribution in [3.63, 3.8) is 0 Å². The summed E-state index contributed by atoms with van der Waals surface area (Å²) in [4.78, 5) is 12.3. The maximum atomic E-state index is 12.3. The third-order valence-electron chi connectivity index (χ3n) is 4.38. The van der Waals surface area contributed by atoms with Crippen molar-refractivity contribution < 1.29 is 9.53 Å². The molecule has 0 spiro atoms. The van der Waals surface area contributed by atoms with Crippen molar-refractivity contribution >= 4 is 5.91 Å². The van der Waals surface area contributed by atoms with Crippen molar-refractivity contribution in [1.82, 2.24) is 5.32 Å². The number of amides is 1. The van der Waals surface area contributed by atoms with E-state index in [9.17, 15) is 4.79 Å². The number of aryl methyl sites for hydroxylation is 2. The number of carbonyl (C=O) groups excluding carboxylic acids is 1. The zero-order chi connectivity index (χ0) is 13.6. The average molecular weight is 260 g/mol. The van der Waals surface area contributed by atoms with Gasteiger partial charge in [-0.25, -0.2) is 0 Å². The highest BCUT2D eigenvalue weighted by Crippen LogP contribution is 2.37. The van der Waals surface area contributed by atoms with E-state index in [-0.39, 0.29) is 24.1 Å². The van der Waals surface area contributed by atoms with Crippen LogP contribution < -0.4 is 11.1 Å². The lowest BCUT2D eigenvalue weighted by Gasteiger charge is -2.45. The number of nitrogens with two attached hydrogens (primary N) is 1. The highest BCUT2D eigenvalue weighted by atomic mass is 16.5. The van der Waals surface area contributed by atoms with Crippen molar-refractivity contribution in [2.45, 2.75) is 38.5 Å². The molecule has 2 fully saturated rings. The molecule has 1 aromatic rings. The highest BCUT2D eigenvalue weighted by Gasteiger charge is 2.52. The van der Waals surface area contributed by atoms with E-state index in [4.69, 9.17) is 10.5 Å². The molecule has 1 aliphatic carbocycles. The molecule has 4 unspecified atom stereocenters. The van der Waals surface area contributed by atoms with E-state index in [1.54, 1.807) is 0 Å². The van der Waals surface area contributed by atoms with Gasteiger partial charge in [0.1, 0.15) is 0 Å². The van der Waals surface area contributed by atoms with Crippen molar-refractivity contribution in [1.29, 1.82) is 0 Å². The Hall–Kier alpha value is -1.39. The Morgan fingerprint density at radius 3 is 3.00 bits per heavy atom. The summed E-state index contributed by atoms with van der Waals surface area (Å²) in [5, 5.41) is 3.03. The predicted octanol–water partition coefficient (Wildman–Crippen LogP) is 1.15. The Morgan fingerprint density at radius 1 is 1.42 bits per heavy atom. The van der Waals surface area contributed by atoms with E-state index >= 15 is 0 Å². The Labute approximate surface area is 113 Å². The van der Waals surface area contributed by atoms with Crippen LogP contribution in [0.4, 0.5) is 0 Å². The van der Waals surface area contributed by atoms with E-state index in [2.05, 4.69) is 5.32 Å². The van der Waals surface area contributed by atoms with Crippen molar-refractivity contribution in [2.24, 2.45) is 11.7 Å². The van der Waals surface area contributed by atoms with Crippen molar-refractivity contribution in [2.75, 3.05) is 6.61 Å². The maximum absolute atomic E-state index is 12.3. The van der Waals surface area contributed by atoms with Gasteiger partial charge in [0.25, 0.3) is 5.91 Å². The molecule has 19 heavy (non-hydrogen) atoms. The maximum Gasteiger partial charge on any atom is 0.251 e. The van der Waals surface area contributed by atoms with Crippen LogP contribution in [0.2, 0.25) is 0 Å². The molecule has 0 bridgehead atoms. The van der Waals surface area contributed by atoms with E-state index in [1.807, 2.05) is 32.0 Å². The Morgan fingerprint density at radius 2 is 2.21 bits per heavy atom. The van der Waals surface area contributed by atoms with Gasteiger partial charge in [-0.1, -0.05) is 17.7 Å². The molecule has 4 heteroatoms. The quantitative estimate of drug-likeness (QED) is 0.838. The second kappa shape index (κ2) is 4.62. The van der Waals surface area contributed by atoms with Crippen LogP contribution >= 0.6 is 0 Å². The van der Waals surface area contributed by atoms with E-state index in [0.717, 1.165) is 29.7 Å². The third-order valence-corrected chi connectivity index (χ3v) is 4.38. The summed E-state index contributed by atoms with van der Waals surface area (Å²) in [5.74, 6) is 0.375. The van der Waals surface area contributed by atoms with Gasteiger partial charge in [-0.2, -0.15) is 0 Å². The first kappa shape index (κ1) is 12.6. The number of carbonyl (C=O) groups is 1. The monoisotopic (exact) mass is 260 g/mol. The molecule has 0 radical (unpaired) electrons. The highest BCUT2D eigenvalue weighted by molar-refractivity contribution is 5.96. The van der Waals surface area contributed by atoms with Crippen LogP contribution in [0.5, 0.6) is 0 Å². The van der Waals surface area contributed by atoms with Crippen LogP contribution in [0, 0.1) is 19.8 Å². The normalized spacial score (nSPS) is 32.6. The molecule has 4 atom stereocenters. The number of benzene rings is 1. The fourth-order valence-corrected chi connectivity index (χ4v) is 3.14. The van der Waals surface area contributed by atoms with Gasteiger partial charge in [-0.15, -0.1) is 0 Å². The van der Waals surface area contributed by atoms with Gasteiger partial charge in [-0.3, -0.25) is 4.79 Å². The molecular formula is C15H20N2O2. The first-order chi connectivity index (χ1) is 9.08. The largest absolute Gasteiger partial charge is 0.376 e. The summed E-state index contributed by atoms with van der Waals surface area (Å²) in [6, 6.07) is 5.89. The minimum Gasteiger partial charge on any atom is -0.376 e. The minimum atomic E-state index is -0.0457. The Bertz CT molecular complexity index is 515. The number of hydrogen-bond acceptors (Lipinski definition) is 3. The molecule has 1 aliphatic heterocycles. The molecule has 1 amide bonds. The first-order valence-corrected chi connectivity index (χ1v) is 6.83. The number of nitrogens with one attached hydrogen (secondary N) is 1. The molecule has 0 aromatic heterocycles. The molecule has 3 rings (SSSR count). The second-order valence-corrected chi connectivity index (χ2v) is 5.68. The van der Waals surface area contributed by atoms with Crippen LogP contribution in [-0.2, 0) is 4.74 Å². The zero-order valence-corrected chi connectivity index (χ0v) is 11.3. The summed E-state index contributed by atoms with van der Waals surface area (Å²) in [5.41, 5.74) is 8.91. The summed E-state index contributed by atoms with van der Waals surface area (Å²) in [7, 11) is 0. The number of fused-ring (bicyclic) bond motifs is 1. The molecule has 1 aromatic carbocycles. The third kappa shape index (κ3) is 2.05. The van der Waals surface area contributed by atoms with Crippen LogP contribution in [0.25, 0.3) is 0 Å². The molecule has 1 saturated heterocycles. The van der Waals surface area contributed by atoms with Gasteiger partial charge in [-0.05, 0) is 31.9 Å².